The number of carbonyl (C=O) groups excluding carboxylic acids is 3. The first-order valence-corrected chi connectivity index (χ1v) is 9.45. The molecule has 1 aliphatic heterocycles. The molecule has 0 saturated heterocycles. The van der Waals surface area contributed by atoms with E-state index in [1.54, 1.807) is 13.8 Å². The summed E-state index contributed by atoms with van der Waals surface area (Å²) in [5.74, 6) is -2.78. The van der Waals surface area contributed by atoms with Crippen molar-refractivity contribution in [2.45, 2.75) is 38.6 Å². The van der Waals surface area contributed by atoms with E-state index in [1.165, 1.54) is 30.4 Å². The van der Waals surface area contributed by atoms with Gasteiger partial charge >= 0.3 is 5.97 Å². The molecule has 0 saturated carbocycles. The molecule has 30 heavy (non-hydrogen) atoms. The predicted molar refractivity (Wildman–Crippen MR) is 110 cm³/mol. The highest BCUT2D eigenvalue weighted by Crippen LogP contribution is 2.29. The van der Waals surface area contributed by atoms with Gasteiger partial charge in [0.05, 0.1) is 12.6 Å². The van der Waals surface area contributed by atoms with E-state index in [-0.39, 0.29) is 35.8 Å². The van der Waals surface area contributed by atoms with Crippen LogP contribution in [0.5, 0.6) is 5.75 Å². The van der Waals surface area contributed by atoms with Crippen molar-refractivity contribution in [3.8, 4) is 5.75 Å². The molecule has 1 aromatic rings. The van der Waals surface area contributed by atoms with Gasteiger partial charge in [0.25, 0.3) is 0 Å². The fraction of sp³-hybridized carbons (Fsp3) is 0.381. The van der Waals surface area contributed by atoms with Crippen molar-refractivity contribution in [2.75, 3.05) is 11.9 Å². The van der Waals surface area contributed by atoms with Gasteiger partial charge in [0.2, 0.25) is 5.91 Å². The third kappa shape index (κ3) is 5.91. The van der Waals surface area contributed by atoms with E-state index in [0.29, 0.717) is 5.69 Å². The number of aliphatic hydroxyl groups excluding tert-OH is 2. The number of nitrogens with one attached hydrogen (secondary N) is 1. The first-order chi connectivity index (χ1) is 14.1. The number of phenolic OH excluding ortho intramolecular Hbond substituents is 1. The predicted octanol–water partition coefficient (Wildman–Crippen LogP) is 0.735. The van der Waals surface area contributed by atoms with Gasteiger partial charge in [-0.2, -0.15) is 0 Å². The highest BCUT2D eigenvalue weighted by molar-refractivity contribution is 5.98. The minimum absolute atomic E-state index is 0.0824. The number of esters is 1. The lowest BCUT2D eigenvalue weighted by Gasteiger charge is -2.20. The van der Waals surface area contributed by atoms with Crippen LogP contribution >= 0.6 is 0 Å². The zero-order chi connectivity index (χ0) is 22.4. The van der Waals surface area contributed by atoms with Crippen LogP contribution in [0.3, 0.4) is 0 Å². The van der Waals surface area contributed by atoms with Crippen LogP contribution < -0.4 is 11.1 Å². The van der Waals surface area contributed by atoms with Gasteiger partial charge in [-0.1, -0.05) is 25.2 Å². The van der Waals surface area contributed by atoms with Crippen LogP contribution in [0.4, 0.5) is 5.69 Å². The molecule has 0 aliphatic carbocycles. The molecule has 0 spiro atoms. The Balaban J connectivity index is 2.48. The third-order valence-corrected chi connectivity index (χ3v) is 4.75. The maximum Gasteiger partial charge on any atom is 0.342 e. The number of aliphatic hydroxyl groups is 2. The van der Waals surface area contributed by atoms with Crippen LogP contribution in [-0.2, 0) is 14.3 Å². The first kappa shape index (κ1) is 23.1. The molecule has 9 nitrogen and oxygen atoms in total. The molecule has 0 bridgehead atoms. The molecule has 1 aliphatic rings. The van der Waals surface area contributed by atoms with Crippen molar-refractivity contribution in [3.05, 3.63) is 41.5 Å². The van der Waals surface area contributed by atoms with Gasteiger partial charge in [-0.15, -0.1) is 0 Å². The Morgan fingerprint density at radius 3 is 2.60 bits per heavy atom. The summed E-state index contributed by atoms with van der Waals surface area (Å²) in [5, 5.41) is 33.2. The van der Waals surface area contributed by atoms with Crippen LogP contribution in [-0.4, -0.2) is 57.8 Å². The second-order valence-corrected chi connectivity index (χ2v) is 7.16. The van der Waals surface area contributed by atoms with Gasteiger partial charge in [0.15, 0.2) is 5.78 Å². The van der Waals surface area contributed by atoms with Crippen molar-refractivity contribution in [1.82, 2.24) is 0 Å². The van der Waals surface area contributed by atoms with Gasteiger partial charge in [-0.25, -0.2) is 4.79 Å². The molecule has 162 valence electrons. The van der Waals surface area contributed by atoms with E-state index in [9.17, 15) is 29.7 Å². The number of benzene rings is 1. The highest BCUT2D eigenvalue weighted by atomic mass is 16.5. The van der Waals surface area contributed by atoms with Gasteiger partial charge in [0.1, 0.15) is 23.5 Å². The summed E-state index contributed by atoms with van der Waals surface area (Å²) in [6.45, 7) is 3.16. The zero-order valence-corrected chi connectivity index (χ0v) is 16.7. The summed E-state index contributed by atoms with van der Waals surface area (Å²) in [7, 11) is 0. The molecule has 0 aromatic heterocycles. The summed E-state index contributed by atoms with van der Waals surface area (Å²) in [6.07, 6.45) is 1.85. The molecule has 1 amide bonds. The second kappa shape index (κ2) is 10.0. The normalized spacial score (nSPS) is 27.3. The average Bonchev–Trinajstić information content (AvgIpc) is 2.68. The number of anilines is 1. The van der Waals surface area contributed by atoms with Gasteiger partial charge in [0, 0.05) is 17.7 Å². The lowest BCUT2D eigenvalue weighted by atomic mass is 9.99. The molecule has 1 heterocycles. The Morgan fingerprint density at radius 2 is 1.93 bits per heavy atom. The molecule has 2 rings (SSSR count). The molecule has 0 unspecified atom stereocenters. The molecular formula is C21H26N2O7. The lowest BCUT2D eigenvalue weighted by Crippen LogP contribution is -2.32. The molecular weight excluding hydrogens is 392 g/mol. The molecule has 6 N–H and O–H groups in total. The monoisotopic (exact) mass is 418 g/mol. The SMILES string of the molecule is C[C@@H]1/C=C\C(=O)[C@@H](O)[C@@H](O)C/C=C/c2cc(NCC(N)=O)cc(O)c2C(=O)O[C@H]1C. The fourth-order valence-electron chi connectivity index (χ4n) is 2.78. The van der Waals surface area contributed by atoms with Gasteiger partial charge in [-0.3, -0.25) is 9.59 Å². The number of carbonyl (C=O) groups is 3. The molecule has 4 atom stereocenters. The van der Waals surface area contributed by atoms with E-state index < -0.39 is 36.0 Å². The van der Waals surface area contributed by atoms with Crippen molar-refractivity contribution >= 4 is 29.4 Å². The number of aromatic hydroxyl groups is 1. The number of ketones is 1. The maximum atomic E-state index is 12.7. The largest absolute Gasteiger partial charge is 0.507 e. The lowest BCUT2D eigenvalue weighted by molar-refractivity contribution is -0.127. The average molecular weight is 418 g/mol. The Hall–Kier alpha value is -3.17. The Kier molecular flexibility index (Phi) is 7.73. The zero-order valence-electron chi connectivity index (χ0n) is 16.7. The van der Waals surface area contributed by atoms with Crippen molar-refractivity contribution in [3.63, 3.8) is 0 Å². The number of rotatable bonds is 3. The van der Waals surface area contributed by atoms with Crippen LogP contribution in [0.15, 0.2) is 30.4 Å². The number of phenols is 1. The summed E-state index contributed by atoms with van der Waals surface area (Å²) < 4.78 is 5.43. The third-order valence-electron chi connectivity index (χ3n) is 4.75. The number of ether oxygens (including phenoxy) is 1. The number of hydrogen-bond donors (Lipinski definition) is 5. The smallest absolute Gasteiger partial charge is 0.342 e. The van der Waals surface area contributed by atoms with Crippen molar-refractivity contribution < 1.29 is 34.4 Å². The Morgan fingerprint density at radius 1 is 1.23 bits per heavy atom. The minimum atomic E-state index is -1.60. The number of cyclic esters (lactones) is 1. The Labute approximate surface area is 173 Å². The molecule has 1 aromatic carbocycles. The quantitative estimate of drug-likeness (QED) is 0.449. The van der Waals surface area contributed by atoms with Crippen molar-refractivity contribution in [1.29, 1.82) is 0 Å². The highest BCUT2D eigenvalue weighted by Gasteiger charge is 2.25. The Bertz CT molecular complexity index is 878. The van der Waals surface area contributed by atoms with Crippen LogP contribution in [0, 0.1) is 5.92 Å². The summed E-state index contributed by atoms with van der Waals surface area (Å²) >= 11 is 0. The molecule has 0 radical (unpaired) electrons. The number of amides is 1. The second-order valence-electron chi connectivity index (χ2n) is 7.16. The van der Waals surface area contributed by atoms with E-state index >= 15 is 0 Å². The van der Waals surface area contributed by atoms with E-state index in [0.717, 1.165) is 6.08 Å². The maximum absolute atomic E-state index is 12.7. The molecule has 9 heteroatoms. The van der Waals surface area contributed by atoms with E-state index in [2.05, 4.69) is 5.32 Å². The first-order valence-electron chi connectivity index (χ1n) is 9.45. The summed E-state index contributed by atoms with van der Waals surface area (Å²) in [6, 6.07) is 2.77. The standard InChI is InChI=1S/C21H26N2O7/c1-11-6-7-16(25)20(28)15(24)5-3-4-13-8-14(23-10-18(22)27)9-17(26)19(13)21(29)30-12(11)2/h3-4,6-9,11-12,15,20,23-24,26,28H,5,10H2,1-2H3,(H2,22,27)/b4-3+,7-6-/t11-,12+,15+,20+/m1/s1. The number of fused-ring (bicyclic) bond motifs is 1. The number of hydrogen-bond acceptors (Lipinski definition) is 8. The van der Waals surface area contributed by atoms with Crippen molar-refractivity contribution in [2.24, 2.45) is 11.7 Å². The number of primary amides is 1. The van der Waals surface area contributed by atoms with Gasteiger partial charge in [-0.05, 0) is 31.1 Å². The van der Waals surface area contributed by atoms with E-state index in [4.69, 9.17) is 10.5 Å². The van der Waals surface area contributed by atoms with Crippen LogP contribution in [0.25, 0.3) is 6.08 Å². The van der Waals surface area contributed by atoms with Crippen LogP contribution in [0.2, 0.25) is 0 Å². The summed E-state index contributed by atoms with van der Waals surface area (Å²) in [5.41, 5.74) is 5.61. The van der Waals surface area contributed by atoms with Gasteiger partial charge < -0.3 is 31.1 Å². The number of nitrogens with two attached hydrogens (primary N) is 1. The van der Waals surface area contributed by atoms with E-state index in [1.807, 2.05) is 0 Å². The topological polar surface area (TPSA) is 159 Å². The molecule has 0 fully saturated rings. The minimum Gasteiger partial charge on any atom is -0.507 e. The summed E-state index contributed by atoms with van der Waals surface area (Å²) in [4.78, 5) is 35.7. The van der Waals surface area contributed by atoms with Crippen LogP contribution in [0.1, 0.15) is 36.2 Å². The fourth-order valence-corrected chi connectivity index (χ4v) is 2.78.